The van der Waals surface area contributed by atoms with E-state index in [0.717, 1.165) is 30.6 Å². The van der Waals surface area contributed by atoms with Gasteiger partial charge in [-0.25, -0.2) is 0 Å². The van der Waals surface area contributed by atoms with Crippen LogP contribution in [0.25, 0.3) is 0 Å². The first-order valence-electron chi connectivity index (χ1n) is 15.2. The maximum absolute atomic E-state index is 13.5. The molecule has 1 aromatic heterocycles. The first-order chi connectivity index (χ1) is 21.5. The fourth-order valence-corrected chi connectivity index (χ4v) is 5.73. The molecule has 0 saturated carbocycles. The van der Waals surface area contributed by atoms with Crippen LogP contribution in [0.5, 0.6) is 17.2 Å². The highest BCUT2D eigenvalue weighted by molar-refractivity contribution is 5.85. The van der Waals surface area contributed by atoms with E-state index in [1.165, 1.54) is 5.56 Å². The van der Waals surface area contributed by atoms with Gasteiger partial charge in [0.05, 0.1) is 32.4 Å². The molecule has 0 unspecified atom stereocenters. The summed E-state index contributed by atoms with van der Waals surface area (Å²) in [6.45, 7) is 3.52. The van der Waals surface area contributed by atoms with E-state index in [-0.39, 0.29) is 36.9 Å². The number of fused-ring (bicyclic) bond motifs is 9. The van der Waals surface area contributed by atoms with Crippen LogP contribution in [0.15, 0.2) is 67.0 Å². The smallest absolute Gasteiger partial charge is 0.239 e. The number of carbonyl (C=O) groups is 2. The minimum atomic E-state index is -0.241. The van der Waals surface area contributed by atoms with Crippen LogP contribution in [-0.4, -0.2) is 85.7 Å². The van der Waals surface area contributed by atoms with E-state index in [1.807, 2.05) is 54.6 Å². The molecule has 3 aromatic rings. The van der Waals surface area contributed by atoms with Gasteiger partial charge in [-0.1, -0.05) is 18.2 Å². The molecule has 3 aliphatic rings. The van der Waals surface area contributed by atoms with Crippen LogP contribution < -0.4 is 14.8 Å². The van der Waals surface area contributed by atoms with Crippen LogP contribution in [0.1, 0.15) is 36.0 Å². The molecule has 4 bridgehead atoms. The van der Waals surface area contributed by atoms with Crippen molar-refractivity contribution in [2.24, 2.45) is 0 Å². The van der Waals surface area contributed by atoms with Gasteiger partial charge in [-0.15, -0.1) is 0 Å². The van der Waals surface area contributed by atoms with E-state index in [9.17, 15) is 9.59 Å². The Balaban J connectivity index is 1.39. The zero-order valence-corrected chi connectivity index (χ0v) is 25.6. The molecular weight excluding hydrogens is 560 g/mol. The zero-order chi connectivity index (χ0) is 30.7. The summed E-state index contributed by atoms with van der Waals surface area (Å²) in [5, 5.41) is 3.22. The van der Waals surface area contributed by atoms with Crippen molar-refractivity contribution in [2.45, 2.75) is 51.0 Å². The SMILES string of the molecule is COCCCN1CC(=O)N[C@@H]2CN(Cc3ccncc3)CC[C@@H]2OCc2cccc(c2)Oc2ccc(cc2OC)CCC1=O. The molecule has 0 spiro atoms. The number of carbonyl (C=O) groups excluding carboxylic acids is 2. The number of methoxy groups -OCH3 is 2. The number of amides is 2. The fraction of sp³-hybridized carbons (Fsp3) is 0.441. The average Bonchev–Trinajstić information content (AvgIpc) is 3.03. The van der Waals surface area contributed by atoms with Crippen molar-refractivity contribution in [3.8, 4) is 17.2 Å². The molecule has 10 heteroatoms. The maximum atomic E-state index is 13.5. The molecule has 0 radical (unpaired) electrons. The van der Waals surface area contributed by atoms with Gasteiger partial charge in [0.15, 0.2) is 11.5 Å². The van der Waals surface area contributed by atoms with E-state index < -0.39 is 0 Å². The van der Waals surface area contributed by atoms with Crippen LogP contribution in [0.4, 0.5) is 0 Å². The first kappa shape index (κ1) is 31.4. The summed E-state index contributed by atoms with van der Waals surface area (Å²) in [7, 11) is 3.24. The van der Waals surface area contributed by atoms with E-state index in [4.69, 9.17) is 18.9 Å². The third-order valence-corrected chi connectivity index (χ3v) is 8.05. The van der Waals surface area contributed by atoms with Gasteiger partial charge in [0.1, 0.15) is 5.75 Å². The number of pyridine rings is 1. The number of aryl methyl sites for hydroxylation is 1. The zero-order valence-electron chi connectivity index (χ0n) is 25.6. The van der Waals surface area contributed by atoms with Crippen molar-refractivity contribution >= 4 is 11.8 Å². The second-order valence-electron chi connectivity index (χ2n) is 11.3. The molecule has 2 aromatic carbocycles. The predicted molar refractivity (Wildman–Crippen MR) is 166 cm³/mol. The summed E-state index contributed by atoms with van der Waals surface area (Å²) in [5.74, 6) is 1.58. The van der Waals surface area contributed by atoms with Gasteiger partial charge in [-0.3, -0.25) is 19.5 Å². The molecule has 2 amide bonds. The molecule has 2 atom stereocenters. The Bertz CT molecular complexity index is 1390. The molecule has 6 rings (SSSR count). The molecule has 10 nitrogen and oxygen atoms in total. The highest BCUT2D eigenvalue weighted by atomic mass is 16.5. The second-order valence-corrected chi connectivity index (χ2v) is 11.3. The topological polar surface area (TPSA) is 102 Å². The molecule has 1 fully saturated rings. The Morgan fingerprint density at radius 1 is 1.02 bits per heavy atom. The van der Waals surface area contributed by atoms with Crippen molar-refractivity contribution in [3.63, 3.8) is 0 Å². The number of ether oxygens (including phenoxy) is 4. The van der Waals surface area contributed by atoms with E-state index >= 15 is 0 Å². The van der Waals surface area contributed by atoms with Crippen LogP contribution in [0, 0.1) is 0 Å². The molecule has 44 heavy (non-hydrogen) atoms. The third kappa shape index (κ3) is 8.78. The van der Waals surface area contributed by atoms with Gasteiger partial charge in [0.25, 0.3) is 0 Å². The van der Waals surface area contributed by atoms with Crippen LogP contribution >= 0.6 is 0 Å². The molecule has 234 valence electrons. The number of hydrogen-bond acceptors (Lipinski definition) is 8. The predicted octanol–water partition coefficient (Wildman–Crippen LogP) is 3.97. The number of nitrogens with one attached hydrogen (secondary N) is 1. The number of benzene rings is 2. The number of rotatable bonds is 7. The highest BCUT2D eigenvalue weighted by Crippen LogP contribution is 2.33. The van der Waals surface area contributed by atoms with Crippen molar-refractivity contribution in [1.82, 2.24) is 20.1 Å². The summed E-state index contributed by atoms with van der Waals surface area (Å²) in [5.41, 5.74) is 3.08. The maximum Gasteiger partial charge on any atom is 0.239 e. The monoisotopic (exact) mass is 602 g/mol. The number of hydrogen-bond donors (Lipinski definition) is 1. The van der Waals surface area contributed by atoms with Gasteiger partial charge in [-0.05, 0) is 72.4 Å². The van der Waals surface area contributed by atoms with Crippen LogP contribution in [-0.2, 0) is 38.6 Å². The number of aromatic nitrogens is 1. The summed E-state index contributed by atoms with van der Waals surface area (Å²) in [4.78, 5) is 35.0. The van der Waals surface area contributed by atoms with E-state index in [2.05, 4.69) is 15.2 Å². The number of piperidine rings is 1. The number of likely N-dealkylation sites (tertiary alicyclic amines) is 1. The van der Waals surface area contributed by atoms with Gasteiger partial charge in [0.2, 0.25) is 11.8 Å². The summed E-state index contributed by atoms with van der Waals surface area (Å²) in [6, 6.07) is 17.3. The average molecular weight is 603 g/mol. The van der Waals surface area contributed by atoms with Gasteiger partial charge in [-0.2, -0.15) is 0 Å². The van der Waals surface area contributed by atoms with Gasteiger partial charge < -0.3 is 29.2 Å². The highest BCUT2D eigenvalue weighted by Gasteiger charge is 2.32. The van der Waals surface area contributed by atoms with E-state index in [1.54, 1.807) is 31.5 Å². The molecule has 0 aliphatic carbocycles. The van der Waals surface area contributed by atoms with Gasteiger partial charge >= 0.3 is 0 Å². The molecule has 1 N–H and O–H groups in total. The normalized spacial score (nSPS) is 20.1. The van der Waals surface area contributed by atoms with Crippen molar-refractivity contribution < 1.29 is 28.5 Å². The molecule has 3 aliphatic heterocycles. The fourth-order valence-electron chi connectivity index (χ4n) is 5.73. The Hall–Kier alpha value is -3.99. The number of nitrogens with zero attached hydrogens (tertiary/aromatic N) is 3. The minimum absolute atomic E-state index is 0.0196. The summed E-state index contributed by atoms with van der Waals surface area (Å²) >= 11 is 0. The van der Waals surface area contributed by atoms with Crippen molar-refractivity contribution in [3.05, 3.63) is 83.7 Å². The lowest BCUT2D eigenvalue weighted by Crippen LogP contribution is -2.57. The summed E-state index contributed by atoms with van der Waals surface area (Å²) < 4.78 is 23.5. The Labute approximate surface area is 259 Å². The quantitative estimate of drug-likeness (QED) is 0.406. The van der Waals surface area contributed by atoms with E-state index in [0.29, 0.717) is 56.4 Å². The van der Waals surface area contributed by atoms with Crippen molar-refractivity contribution in [2.75, 3.05) is 47.0 Å². The lowest BCUT2D eigenvalue weighted by molar-refractivity contribution is -0.137. The molecular formula is C34H42N4O6. The summed E-state index contributed by atoms with van der Waals surface area (Å²) in [6.07, 6.45) is 5.57. The Morgan fingerprint density at radius 3 is 2.70 bits per heavy atom. The minimum Gasteiger partial charge on any atom is -0.493 e. The largest absolute Gasteiger partial charge is 0.493 e. The molecule has 4 heterocycles. The van der Waals surface area contributed by atoms with Crippen LogP contribution in [0.3, 0.4) is 0 Å². The van der Waals surface area contributed by atoms with Gasteiger partial charge in [0, 0.05) is 58.7 Å². The second kappa shape index (κ2) is 15.7. The van der Waals surface area contributed by atoms with Crippen molar-refractivity contribution in [1.29, 1.82) is 0 Å². The lowest BCUT2D eigenvalue weighted by Gasteiger charge is -2.39. The lowest BCUT2D eigenvalue weighted by atomic mass is 10.0. The standard InChI is InChI=1S/C34H42N4O6/c1-41-18-4-16-38-23-33(39)36-29-22-37(21-26-11-14-35-15-12-26)17-13-30(29)43-24-27-5-3-6-28(19-27)44-31-9-7-25(8-10-34(38)40)20-32(31)42-2/h3,5-7,9,11-12,14-15,19-20,29-30H,4,8,10,13,16-18,21-24H2,1-2H3,(H,36,39)/t29-,30+/m1/s1. The Morgan fingerprint density at radius 2 is 1.89 bits per heavy atom. The molecule has 1 saturated heterocycles. The third-order valence-electron chi connectivity index (χ3n) is 8.05. The van der Waals surface area contributed by atoms with Crippen LogP contribution in [0.2, 0.25) is 0 Å². The Kier molecular flexibility index (Phi) is 11.2. The first-order valence-corrected chi connectivity index (χ1v) is 15.2.